The van der Waals surface area contributed by atoms with Gasteiger partial charge >= 0.3 is 0 Å². The minimum absolute atomic E-state index is 0.153. The van der Waals surface area contributed by atoms with Crippen molar-refractivity contribution in [2.45, 2.75) is 83.9 Å². The van der Waals surface area contributed by atoms with E-state index >= 15 is 0 Å². The molecule has 0 radical (unpaired) electrons. The summed E-state index contributed by atoms with van der Waals surface area (Å²) in [5, 5.41) is 29.7. The predicted octanol–water partition coefficient (Wildman–Crippen LogP) is 3.95. The number of para-hydroxylation sites is 1. The Bertz CT molecular complexity index is 1860. The first-order chi connectivity index (χ1) is 22.4. The normalized spacial score (nSPS) is 23.7. The molecule has 246 valence electrons. The lowest BCUT2D eigenvalue weighted by molar-refractivity contribution is -0.136. The molecule has 5 N–H and O–H groups in total. The van der Waals surface area contributed by atoms with E-state index in [1.807, 2.05) is 57.2 Å². The average molecular weight is 642 g/mol. The highest BCUT2D eigenvalue weighted by Crippen LogP contribution is 2.59. The number of carbonyl (C=O) groups excluding carboxylic acids is 2. The predicted molar refractivity (Wildman–Crippen MR) is 170 cm³/mol. The third kappa shape index (κ3) is 4.97. The first-order valence-corrected chi connectivity index (χ1v) is 15.9. The number of carbonyl (C=O) groups is 2. The minimum atomic E-state index is -1.27. The van der Waals surface area contributed by atoms with Gasteiger partial charge in [0.2, 0.25) is 23.6 Å². The van der Waals surface area contributed by atoms with E-state index in [-0.39, 0.29) is 30.7 Å². The molecule has 12 nitrogen and oxygen atoms in total. The fourth-order valence-electron chi connectivity index (χ4n) is 6.77. The smallest absolute Gasteiger partial charge is 0.249 e. The molecular formula is C35H39N5O7. The maximum atomic E-state index is 14.0. The highest BCUT2D eigenvalue weighted by atomic mass is 16.5. The number of ether oxygens (including phenoxy) is 1. The highest BCUT2D eigenvalue weighted by molar-refractivity contribution is 5.89. The number of nitrogens with one attached hydrogen (secondary N) is 3. The van der Waals surface area contributed by atoms with Crippen LogP contribution in [0, 0.1) is 11.3 Å². The molecule has 2 unspecified atom stereocenters. The fourth-order valence-corrected chi connectivity index (χ4v) is 6.77. The average Bonchev–Trinajstić information content (AvgIpc) is 3.81. The van der Waals surface area contributed by atoms with Crippen LogP contribution in [0.5, 0.6) is 5.75 Å². The van der Waals surface area contributed by atoms with E-state index in [2.05, 4.69) is 27.0 Å². The number of benzene rings is 2. The zero-order valence-corrected chi connectivity index (χ0v) is 27.0. The van der Waals surface area contributed by atoms with Crippen molar-refractivity contribution in [2.24, 2.45) is 11.3 Å². The summed E-state index contributed by atoms with van der Waals surface area (Å²) in [6.45, 7) is 9.03. The summed E-state index contributed by atoms with van der Waals surface area (Å²) >= 11 is 0. The van der Waals surface area contributed by atoms with Gasteiger partial charge in [-0.25, -0.2) is 9.97 Å². The molecule has 5 atom stereocenters. The number of fused-ring (bicyclic) bond motifs is 4. The molecule has 4 bridgehead atoms. The highest BCUT2D eigenvalue weighted by Gasteiger charge is 2.61. The van der Waals surface area contributed by atoms with Crippen LogP contribution < -0.4 is 20.7 Å². The molecular weight excluding hydrogens is 602 g/mol. The van der Waals surface area contributed by atoms with Crippen molar-refractivity contribution in [3.63, 3.8) is 0 Å². The van der Waals surface area contributed by atoms with Gasteiger partial charge in [0.1, 0.15) is 41.3 Å². The number of amides is 2. The standard InChI is InChI=1S/C35H39N5O7/c1-17(2)26(42)30(44)37-23-12-10-18-11-13-24-21(14-18)35(20-8-6-7-9-22(20)38-33(35)46-24)28-25(31-36-19(15-41)16-45-31)39-32(47-28)27(34(3,4)5)40-29(23)43/h6-9,11,13-14,16-17,23,26-27,33,38,41-42H,10,12,15H2,1-5H3,(H,37,44)(H,40,43)/t23-,26-,27?,33?,35-/m0/s1. The van der Waals surface area contributed by atoms with E-state index in [0.29, 0.717) is 29.3 Å². The second-order valence-corrected chi connectivity index (χ2v) is 14.0. The second kappa shape index (κ2) is 11.2. The first-order valence-electron chi connectivity index (χ1n) is 15.9. The summed E-state index contributed by atoms with van der Waals surface area (Å²) in [5.74, 6) is 0.0808. The van der Waals surface area contributed by atoms with Crippen molar-refractivity contribution in [3.05, 3.63) is 82.8 Å². The Morgan fingerprint density at radius 3 is 2.64 bits per heavy atom. The zero-order chi connectivity index (χ0) is 33.2. The maximum Gasteiger partial charge on any atom is 0.249 e. The largest absolute Gasteiger partial charge is 0.469 e. The molecule has 0 saturated carbocycles. The van der Waals surface area contributed by atoms with Crippen LogP contribution in [-0.4, -0.2) is 50.4 Å². The molecule has 0 aliphatic carbocycles. The molecule has 4 aromatic rings. The van der Waals surface area contributed by atoms with Gasteiger partial charge in [-0.1, -0.05) is 65.0 Å². The Labute approximate surface area is 271 Å². The maximum absolute atomic E-state index is 14.0. The van der Waals surface area contributed by atoms with Gasteiger partial charge in [-0.05, 0) is 47.4 Å². The molecule has 7 rings (SSSR count). The van der Waals surface area contributed by atoms with Gasteiger partial charge in [0.05, 0.1) is 6.61 Å². The zero-order valence-electron chi connectivity index (χ0n) is 27.0. The Balaban J connectivity index is 1.47. The quantitative estimate of drug-likeness (QED) is 0.215. The molecule has 1 spiro atoms. The second-order valence-electron chi connectivity index (χ2n) is 14.0. The molecule has 3 aliphatic heterocycles. The number of aliphatic hydroxyl groups is 2. The summed E-state index contributed by atoms with van der Waals surface area (Å²) in [4.78, 5) is 36.6. The Morgan fingerprint density at radius 2 is 1.91 bits per heavy atom. The van der Waals surface area contributed by atoms with Crippen molar-refractivity contribution >= 4 is 17.5 Å². The van der Waals surface area contributed by atoms with E-state index in [1.165, 1.54) is 6.26 Å². The van der Waals surface area contributed by atoms with Crippen LogP contribution in [0.3, 0.4) is 0 Å². The van der Waals surface area contributed by atoms with E-state index in [4.69, 9.17) is 18.6 Å². The first kappa shape index (κ1) is 30.9. The lowest BCUT2D eigenvalue weighted by atomic mass is 9.72. The molecule has 2 aromatic carbocycles. The number of hydrogen-bond acceptors (Lipinski definition) is 10. The Kier molecular flexibility index (Phi) is 7.40. The van der Waals surface area contributed by atoms with Crippen LogP contribution in [0.15, 0.2) is 57.6 Å². The van der Waals surface area contributed by atoms with Gasteiger partial charge in [0.25, 0.3) is 0 Å². The van der Waals surface area contributed by atoms with Crippen LogP contribution in [0.4, 0.5) is 5.69 Å². The third-order valence-electron chi connectivity index (χ3n) is 9.32. The van der Waals surface area contributed by atoms with E-state index < -0.39 is 47.1 Å². The topological polar surface area (TPSA) is 172 Å². The molecule has 0 saturated heterocycles. The van der Waals surface area contributed by atoms with Gasteiger partial charge in [-0.3, -0.25) is 9.59 Å². The number of oxazole rings is 2. The van der Waals surface area contributed by atoms with E-state index in [1.54, 1.807) is 13.8 Å². The lowest BCUT2D eigenvalue weighted by Crippen LogP contribution is -2.52. The lowest BCUT2D eigenvalue weighted by Gasteiger charge is -2.31. The Morgan fingerprint density at radius 1 is 1.13 bits per heavy atom. The third-order valence-corrected chi connectivity index (χ3v) is 9.32. The van der Waals surface area contributed by atoms with Crippen molar-refractivity contribution < 1.29 is 33.4 Å². The SMILES string of the molecule is CC(C)[C@H](O)C(=O)N[C@H]1CCc2ccc3c(c2)[C@@]2(c4ccccc4NC2O3)c2oc(nc2-c2nc(CO)co2)C(C(C)(C)C)NC1=O. The van der Waals surface area contributed by atoms with Crippen LogP contribution in [0.2, 0.25) is 0 Å². The molecule has 5 heterocycles. The van der Waals surface area contributed by atoms with Crippen LogP contribution in [-0.2, 0) is 28.0 Å². The molecule has 0 fully saturated rings. The fraction of sp³-hybridized carbons (Fsp3) is 0.429. The molecule has 2 amide bonds. The summed E-state index contributed by atoms with van der Waals surface area (Å²) in [7, 11) is 0. The number of rotatable bonds is 5. The van der Waals surface area contributed by atoms with Gasteiger partial charge in [0.15, 0.2) is 17.7 Å². The van der Waals surface area contributed by atoms with Crippen molar-refractivity contribution in [1.29, 1.82) is 0 Å². The molecule has 3 aliphatic rings. The number of aliphatic hydroxyl groups excluding tert-OH is 2. The monoisotopic (exact) mass is 641 g/mol. The van der Waals surface area contributed by atoms with Crippen molar-refractivity contribution in [2.75, 3.05) is 5.32 Å². The molecule has 2 aromatic heterocycles. The molecule has 12 heteroatoms. The Hall–Kier alpha value is -4.68. The van der Waals surface area contributed by atoms with E-state index in [9.17, 15) is 19.8 Å². The number of nitrogens with zero attached hydrogens (tertiary/aromatic N) is 2. The number of hydrogen-bond donors (Lipinski definition) is 5. The summed E-state index contributed by atoms with van der Waals surface area (Å²) in [5.41, 5.74) is 2.57. The van der Waals surface area contributed by atoms with Gasteiger partial charge < -0.3 is 39.7 Å². The summed E-state index contributed by atoms with van der Waals surface area (Å²) in [6, 6.07) is 12.1. The van der Waals surface area contributed by atoms with Gasteiger partial charge in [-0.2, -0.15) is 0 Å². The van der Waals surface area contributed by atoms with Gasteiger partial charge in [-0.15, -0.1) is 0 Å². The molecule has 47 heavy (non-hydrogen) atoms. The summed E-state index contributed by atoms with van der Waals surface area (Å²) in [6.07, 6.45) is 0.240. The van der Waals surface area contributed by atoms with Crippen LogP contribution in [0.25, 0.3) is 11.6 Å². The number of anilines is 1. The number of aromatic nitrogens is 2. The minimum Gasteiger partial charge on any atom is -0.469 e. The van der Waals surface area contributed by atoms with Crippen molar-refractivity contribution in [3.8, 4) is 17.3 Å². The van der Waals surface area contributed by atoms with Gasteiger partial charge in [0, 0.05) is 11.3 Å². The number of aryl methyl sites for hydroxylation is 1. The van der Waals surface area contributed by atoms with Crippen molar-refractivity contribution in [1.82, 2.24) is 20.6 Å². The summed E-state index contributed by atoms with van der Waals surface area (Å²) < 4.78 is 19.3. The van der Waals surface area contributed by atoms with E-state index in [0.717, 1.165) is 22.4 Å². The van der Waals surface area contributed by atoms with Crippen LogP contribution >= 0.6 is 0 Å². The van der Waals surface area contributed by atoms with Crippen LogP contribution in [0.1, 0.15) is 81.1 Å².